The summed E-state index contributed by atoms with van der Waals surface area (Å²) in [6, 6.07) is 0. The van der Waals surface area contributed by atoms with Crippen LogP contribution in [0.15, 0.2) is 0 Å². The Labute approximate surface area is 97.8 Å². The van der Waals surface area contributed by atoms with Crippen molar-refractivity contribution in [1.82, 2.24) is 0 Å². The van der Waals surface area contributed by atoms with Gasteiger partial charge in [0.1, 0.15) is 0 Å². The van der Waals surface area contributed by atoms with Crippen LogP contribution < -0.4 is 0 Å². The zero-order chi connectivity index (χ0) is 11.9. The van der Waals surface area contributed by atoms with Crippen molar-refractivity contribution in [1.29, 1.82) is 0 Å². The Bertz CT molecular complexity index is 148. The van der Waals surface area contributed by atoms with Gasteiger partial charge in [-0.2, -0.15) is 0 Å². The average molecular weight is 212 g/mol. The molecule has 92 valence electrons. The Morgan fingerprint density at radius 2 is 1.60 bits per heavy atom. The molecule has 0 aliphatic rings. The van der Waals surface area contributed by atoms with Crippen LogP contribution in [0.3, 0.4) is 0 Å². The SMILES string of the molecule is CCCC(CC(C)(CC)CCC)C(C)C. The van der Waals surface area contributed by atoms with Crippen LogP contribution in [0.5, 0.6) is 0 Å². The van der Waals surface area contributed by atoms with Gasteiger partial charge in [-0.25, -0.2) is 0 Å². The molecule has 0 spiro atoms. The summed E-state index contributed by atoms with van der Waals surface area (Å²) in [5.41, 5.74) is 0.596. The molecule has 0 heterocycles. The molecule has 0 N–H and O–H groups in total. The van der Waals surface area contributed by atoms with E-state index in [4.69, 9.17) is 0 Å². The summed E-state index contributed by atoms with van der Waals surface area (Å²) in [5.74, 6) is 1.79. The molecule has 0 saturated heterocycles. The zero-order valence-corrected chi connectivity index (χ0v) is 11.9. The highest BCUT2D eigenvalue weighted by atomic mass is 14.3. The first kappa shape index (κ1) is 15.0. The first-order chi connectivity index (χ1) is 6.99. The van der Waals surface area contributed by atoms with Gasteiger partial charge in [0.25, 0.3) is 0 Å². The highest BCUT2D eigenvalue weighted by molar-refractivity contribution is 4.77. The van der Waals surface area contributed by atoms with Crippen molar-refractivity contribution in [3.8, 4) is 0 Å². The van der Waals surface area contributed by atoms with Crippen LogP contribution in [0.25, 0.3) is 0 Å². The van der Waals surface area contributed by atoms with Gasteiger partial charge in [0.05, 0.1) is 0 Å². The average Bonchev–Trinajstić information content (AvgIpc) is 2.17. The third-order valence-electron chi connectivity index (χ3n) is 4.06. The van der Waals surface area contributed by atoms with Gasteiger partial charge in [-0.15, -0.1) is 0 Å². The van der Waals surface area contributed by atoms with Crippen LogP contribution in [0.1, 0.15) is 80.1 Å². The van der Waals surface area contributed by atoms with Crippen molar-refractivity contribution in [2.75, 3.05) is 0 Å². The lowest BCUT2D eigenvalue weighted by atomic mass is 9.72. The number of hydrogen-bond donors (Lipinski definition) is 0. The topological polar surface area (TPSA) is 0 Å². The molecule has 0 saturated carbocycles. The fraction of sp³-hybridized carbons (Fsp3) is 1.00. The van der Waals surface area contributed by atoms with Crippen LogP contribution >= 0.6 is 0 Å². The van der Waals surface area contributed by atoms with E-state index >= 15 is 0 Å². The maximum atomic E-state index is 2.49. The van der Waals surface area contributed by atoms with Crippen molar-refractivity contribution in [2.45, 2.75) is 80.1 Å². The fourth-order valence-corrected chi connectivity index (χ4v) is 2.70. The minimum absolute atomic E-state index is 0.596. The minimum Gasteiger partial charge on any atom is -0.0654 e. The van der Waals surface area contributed by atoms with Gasteiger partial charge in [0.2, 0.25) is 0 Å². The lowest BCUT2D eigenvalue weighted by Gasteiger charge is -2.34. The summed E-state index contributed by atoms with van der Waals surface area (Å²) >= 11 is 0. The largest absolute Gasteiger partial charge is 0.0654 e. The maximum absolute atomic E-state index is 2.49. The Morgan fingerprint density at radius 3 is 1.93 bits per heavy atom. The molecule has 2 atom stereocenters. The predicted molar refractivity (Wildman–Crippen MR) is 71.2 cm³/mol. The van der Waals surface area contributed by atoms with Crippen LogP contribution in [0.2, 0.25) is 0 Å². The summed E-state index contributed by atoms with van der Waals surface area (Å²) in [4.78, 5) is 0. The monoisotopic (exact) mass is 212 g/mol. The van der Waals surface area contributed by atoms with E-state index in [0.717, 1.165) is 11.8 Å². The highest BCUT2D eigenvalue weighted by Crippen LogP contribution is 2.38. The predicted octanol–water partition coefficient (Wildman–Crippen LogP) is 5.67. The van der Waals surface area contributed by atoms with Gasteiger partial charge < -0.3 is 0 Å². The van der Waals surface area contributed by atoms with E-state index in [1.807, 2.05) is 0 Å². The Hall–Kier alpha value is 0. The second-order valence-electron chi connectivity index (χ2n) is 5.91. The van der Waals surface area contributed by atoms with E-state index < -0.39 is 0 Å². The number of rotatable bonds is 8. The quantitative estimate of drug-likeness (QED) is 0.486. The maximum Gasteiger partial charge on any atom is -0.0326 e. The molecule has 0 amide bonds. The van der Waals surface area contributed by atoms with E-state index in [1.54, 1.807) is 0 Å². The molecule has 2 unspecified atom stereocenters. The van der Waals surface area contributed by atoms with Gasteiger partial charge in [0, 0.05) is 0 Å². The minimum atomic E-state index is 0.596. The summed E-state index contributed by atoms with van der Waals surface area (Å²) in [5, 5.41) is 0. The first-order valence-electron chi connectivity index (χ1n) is 6.99. The molecule has 0 nitrogen and oxygen atoms in total. The Morgan fingerprint density at radius 1 is 1.00 bits per heavy atom. The van der Waals surface area contributed by atoms with E-state index in [0.29, 0.717) is 5.41 Å². The smallest absolute Gasteiger partial charge is 0.0326 e. The molecule has 0 fully saturated rings. The normalized spacial score (nSPS) is 17.8. The van der Waals surface area contributed by atoms with Crippen molar-refractivity contribution >= 4 is 0 Å². The Balaban J connectivity index is 4.33. The number of hydrogen-bond acceptors (Lipinski definition) is 0. The van der Waals surface area contributed by atoms with Gasteiger partial charge in [-0.1, -0.05) is 67.2 Å². The van der Waals surface area contributed by atoms with E-state index in [-0.39, 0.29) is 0 Å². The van der Waals surface area contributed by atoms with Crippen LogP contribution in [-0.2, 0) is 0 Å². The second kappa shape index (κ2) is 7.30. The summed E-state index contributed by atoms with van der Waals surface area (Å²) in [7, 11) is 0. The van der Waals surface area contributed by atoms with Crippen LogP contribution in [0, 0.1) is 17.3 Å². The molecule has 0 radical (unpaired) electrons. The second-order valence-corrected chi connectivity index (χ2v) is 5.91. The van der Waals surface area contributed by atoms with Crippen molar-refractivity contribution in [2.24, 2.45) is 17.3 Å². The van der Waals surface area contributed by atoms with Crippen molar-refractivity contribution in [3.05, 3.63) is 0 Å². The Kier molecular flexibility index (Phi) is 7.30. The van der Waals surface area contributed by atoms with Gasteiger partial charge in [-0.3, -0.25) is 0 Å². The summed E-state index contributed by atoms with van der Waals surface area (Å²) < 4.78 is 0. The third kappa shape index (κ3) is 5.58. The molecule has 0 bridgehead atoms. The lowest BCUT2D eigenvalue weighted by Crippen LogP contribution is -2.22. The van der Waals surface area contributed by atoms with Gasteiger partial charge in [0.15, 0.2) is 0 Å². The van der Waals surface area contributed by atoms with E-state index in [9.17, 15) is 0 Å². The molecule has 15 heavy (non-hydrogen) atoms. The van der Waals surface area contributed by atoms with Crippen molar-refractivity contribution in [3.63, 3.8) is 0 Å². The summed E-state index contributed by atoms with van der Waals surface area (Å²) in [6.45, 7) is 14.3. The summed E-state index contributed by atoms with van der Waals surface area (Å²) in [6.07, 6.45) is 8.26. The van der Waals surface area contributed by atoms with Crippen molar-refractivity contribution < 1.29 is 0 Å². The molecule has 0 aliphatic heterocycles. The fourth-order valence-electron chi connectivity index (χ4n) is 2.70. The first-order valence-corrected chi connectivity index (χ1v) is 6.99. The lowest BCUT2D eigenvalue weighted by molar-refractivity contribution is 0.173. The molecule has 0 aromatic rings. The van der Waals surface area contributed by atoms with Crippen LogP contribution in [-0.4, -0.2) is 0 Å². The molecule has 0 aromatic carbocycles. The molecule has 0 heteroatoms. The van der Waals surface area contributed by atoms with Crippen LogP contribution in [0.4, 0.5) is 0 Å². The highest BCUT2D eigenvalue weighted by Gasteiger charge is 2.26. The molecular weight excluding hydrogens is 180 g/mol. The standard InChI is InChI=1S/C15H32/c1-7-10-14(13(4)5)12-15(6,9-3)11-8-2/h13-14H,7-12H2,1-6H3. The third-order valence-corrected chi connectivity index (χ3v) is 4.06. The molecule has 0 aromatic heterocycles. The molecule has 0 rings (SSSR count). The van der Waals surface area contributed by atoms with Gasteiger partial charge >= 0.3 is 0 Å². The van der Waals surface area contributed by atoms with E-state index in [1.165, 1.54) is 38.5 Å². The molecule has 0 aliphatic carbocycles. The van der Waals surface area contributed by atoms with E-state index in [2.05, 4.69) is 41.5 Å². The van der Waals surface area contributed by atoms with Gasteiger partial charge in [-0.05, 0) is 30.1 Å². The molecular formula is C15H32. The zero-order valence-electron chi connectivity index (χ0n) is 11.9.